The van der Waals surface area contributed by atoms with Crippen molar-refractivity contribution in [1.82, 2.24) is 15.2 Å². The topological polar surface area (TPSA) is 76.1 Å². The first-order valence-electron chi connectivity index (χ1n) is 9.85. The van der Waals surface area contributed by atoms with Crippen molar-refractivity contribution in [3.8, 4) is 5.88 Å². The number of ether oxygens (including phenoxy) is 2. The zero-order valence-corrected chi connectivity index (χ0v) is 16.3. The molecule has 0 radical (unpaired) electrons. The van der Waals surface area contributed by atoms with E-state index in [0.717, 1.165) is 56.2 Å². The maximum Gasteiger partial charge on any atom is 0.308 e. The minimum absolute atomic E-state index is 0.00547. The van der Waals surface area contributed by atoms with Gasteiger partial charge in [0.15, 0.2) is 5.96 Å². The molecule has 2 heterocycles. The summed E-state index contributed by atoms with van der Waals surface area (Å²) in [7, 11) is 3.24. The van der Waals surface area contributed by atoms with Crippen LogP contribution >= 0.6 is 0 Å². The Morgan fingerprint density at radius 2 is 2.04 bits per heavy atom. The Balaban J connectivity index is 1.55. The Bertz CT molecular complexity index is 650. The van der Waals surface area contributed by atoms with Crippen LogP contribution in [0, 0.1) is 5.92 Å². The van der Waals surface area contributed by atoms with E-state index < -0.39 is 0 Å². The number of nitrogens with one attached hydrogen (secondary N) is 1. The number of carbonyl (C=O) groups is 1. The average Bonchev–Trinajstić information content (AvgIpc) is 3.22. The van der Waals surface area contributed by atoms with Gasteiger partial charge in [0.25, 0.3) is 0 Å². The first-order valence-corrected chi connectivity index (χ1v) is 9.85. The predicted octanol–water partition coefficient (Wildman–Crippen LogP) is 2.36. The van der Waals surface area contributed by atoms with Gasteiger partial charge in [-0.15, -0.1) is 0 Å². The zero-order chi connectivity index (χ0) is 19.1. The number of nitrogens with zero attached hydrogens (tertiary/aromatic N) is 3. The van der Waals surface area contributed by atoms with E-state index >= 15 is 0 Å². The number of aliphatic imine (C=N–C) groups is 1. The third-order valence-electron chi connectivity index (χ3n) is 5.41. The number of hydrogen-bond acceptors (Lipinski definition) is 5. The van der Waals surface area contributed by atoms with Crippen molar-refractivity contribution >= 4 is 11.9 Å². The smallest absolute Gasteiger partial charge is 0.308 e. The first kappa shape index (κ1) is 19.5. The molecule has 1 saturated carbocycles. The zero-order valence-electron chi connectivity index (χ0n) is 16.3. The second-order valence-electron chi connectivity index (χ2n) is 7.18. The van der Waals surface area contributed by atoms with Crippen LogP contribution in [0.1, 0.15) is 44.1 Å². The summed E-state index contributed by atoms with van der Waals surface area (Å²) in [6.45, 7) is 2.19. The van der Waals surface area contributed by atoms with Gasteiger partial charge in [-0.1, -0.05) is 6.07 Å². The van der Waals surface area contributed by atoms with Gasteiger partial charge in [0.05, 0.1) is 13.0 Å². The number of carbonyl (C=O) groups excluding carboxylic acids is 1. The SMILES string of the molecule is CN=C(NCc1cccnc1OC1CCCC1)N1CCC(C(=O)OC)CC1. The molecule has 1 aliphatic carbocycles. The normalized spacial score (nSPS) is 19.2. The molecule has 3 rings (SSSR count). The molecule has 1 aromatic rings. The van der Waals surface area contributed by atoms with Crippen molar-refractivity contribution in [2.45, 2.75) is 51.2 Å². The lowest BCUT2D eigenvalue weighted by atomic mass is 9.97. The van der Waals surface area contributed by atoms with Crippen molar-refractivity contribution in [2.24, 2.45) is 10.9 Å². The molecule has 7 nitrogen and oxygen atoms in total. The Hall–Kier alpha value is -2.31. The van der Waals surface area contributed by atoms with Crippen molar-refractivity contribution in [3.05, 3.63) is 23.9 Å². The van der Waals surface area contributed by atoms with Gasteiger partial charge in [0, 0.05) is 38.4 Å². The van der Waals surface area contributed by atoms with Crippen molar-refractivity contribution in [3.63, 3.8) is 0 Å². The lowest BCUT2D eigenvalue weighted by molar-refractivity contribution is -0.146. The third kappa shape index (κ3) is 5.11. The molecule has 27 heavy (non-hydrogen) atoms. The fourth-order valence-corrected chi connectivity index (χ4v) is 3.83. The highest BCUT2D eigenvalue weighted by atomic mass is 16.5. The average molecular weight is 374 g/mol. The number of pyridine rings is 1. The van der Waals surface area contributed by atoms with Crippen molar-refractivity contribution in [2.75, 3.05) is 27.2 Å². The summed E-state index contributed by atoms with van der Waals surface area (Å²) in [5.41, 5.74) is 1.04. The quantitative estimate of drug-likeness (QED) is 0.484. The van der Waals surface area contributed by atoms with Crippen molar-refractivity contribution in [1.29, 1.82) is 0 Å². The second-order valence-corrected chi connectivity index (χ2v) is 7.18. The van der Waals surface area contributed by atoms with Crippen LogP contribution in [0.15, 0.2) is 23.3 Å². The molecular formula is C20H30N4O3. The fraction of sp³-hybridized carbons (Fsp3) is 0.650. The maximum absolute atomic E-state index is 11.7. The molecule has 0 aromatic carbocycles. The molecule has 0 unspecified atom stereocenters. The number of esters is 1. The van der Waals surface area contributed by atoms with E-state index in [4.69, 9.17) is 9.47 Å². The van der Waals surface area contributed by atoms with Crippen LogP contribution in [0.4, 0.5) is 0 Å². The first-order chi connectivity index (χ1) is 13.2. The maximum atomic E-state index is 11.7. The number of aromatic nitrogens is 1. The summed E-state index contributed by atoms with van der Waals surface area (Å²) in [5.74, 6) is 1.45. The number of guanidine groups is 1. The van der Waals surface area contributed by atoms with Crippen LogP contribution in [0.2, 0.25) is 0 Å². The van der Waals surface area contributed by atoms with Crippen LogP contribution in [0.5, 0.6) is 5.88 Å². The minimum atomic E-state index is -0.110. The van der Waals surface area contributed by atoms with Crippen LogP contribution in [0.25, 0.3) is 0 Å². The molecule has 0 amide bonds. The van der Waals surface area contributed by atoms with E-state index in [1.165, 1.54) is 20.0 Å². The van der Waals surface area contributed by atoms with E-state index in [0.29, 0.717) is 6.54 Å². The summed E-state index contributed by atoms with van der Waals surface area (Å²) >= 11 is 0. The second kappa shape index (κ2) is 9.58. The van der Waals surface area contributed by atoms with Gasteiger partial charge in [0.2, 0.25) is 5.88 Å². The lowest BCUT2D eigenvalue weighted by Crippen LogP contribution is -2.46. The molecule has 1 aliphatic heterocycles. The monoisotopic (exact) mass is 374 g/mol. The van der Waals surface area contributed by atoms with Gasteiger partial charge in [-0.25, -0.2) is 4.98 Å². The molecule has 0 bridgehead atoms. The Labute approximate surface area is 161 Å². The summed E-state index contributed by atoms with van der Waals surface area (Å²) in [5, 5.41) is 3.42. The standard InChI is InChI=1S/C20H30N4O3/c1-21-20(24-12-9-15(10-13-24)19(25)26-2)23-14-16-6-5-11-22-18(16)27-17-7-3-4-8-17/h5-6,11,15,17H,3-4,7-10,12-14H2,1-2H3,(H,21,23). The number of hydrogen-bond donors (Lipinski definition) is 1. The predicted molar refractivity (Wildman–Crippen MR) is 104 cm³/mol. The summed E-state index contributed by atoms with van der Waals surface area (Å²) < 4.78 is 11.0. The van der Waals surface area contributed by atoms with Gasteiger partial charge < -0.3 is 19.7 Å². The molecule has 1 saturated heterocycles. The highest BCUT2D eigenvalue weighted by molar-refractivity contribution is 5.80. The number of likely N-dealkylation sites (tertiary alicyclic amines) is 1. The van der Waals surface area contributed by atoms with Gasteiger partial charge in [0.1, 0.15) is 6.10 Å². The number of methoxy groups -OCH3 is 1. The fourth-order valence-electron chi connectivity index (χ4n) is 3.83. The largest absolute Gasteiger partial charge is 0.474 e. The highest BCUT2D eigenvalue weighted by Crippen LogP contribution is 2.25. The van der Waals surface area contributed by atoms with Crippen molar-refractivity contribution < 1.29 is 14.3 Å². The van der Waals surface area contributed by atoms with Gasteiger partial charge in [-0.3, -0.25) is 9.79 Å². The van der Waals surface area contributed by atoms with E-state index in [1.54, 1.807) is 13.2 Å². The third-order valence-corrected chi connectivity index (χ3v) is 5.41. The molecule has 2 fully saturated rings. The van der Waals surface area contributed by atoms with E-state index in [1.807, 2.05) is 12.1 Å². The Morgan fingerprint density at radius 3 is 2.70 bits per heavy atom. The summed E-state index contributed by atoms with van der Waals surface area (Å²) in [4.78, 5) is 22.7. The van der Waals surface area contributed by atoms with E-state index in [2.05, 4.69) is 20.2 Å². The Kier molecular flexibility index (Phi) is 6.90. The van der Waals surface area contributed by atoms with Crippen LogP contribution in [-0.4, -0.2) is 55.2 Å². The minimum Gasteiger partial charge on any atom is -0.474 e. The molecule has 1 N–H and O–H groups in total. The summed E-state index contributed by atoms with van der Waals surface area (Å²) in [6, 6.07) is 3.98. The van der Waals surface area contributed by atoms with Gasteiger partial charge in [-0.2, -0.15) is 0 Å². The van der Waals surface area contributed by atoms with Gasteiger partial charge >= 0.3 is 5.97 Å². The van der Waals surface area contributed by atoms with E-state index in [-0.39, 0.29) is 18.0 Å². The van der Waals surface area contributed by atoms with Crippen LogP contribution in [0.3, 0.4) is 0 Å². The van der Waals surface area contributed by atoms with Gasteiger partial charge in [-0.05, 0) is 44.6 Å². The molecule has 0 spiro atoms. The highest BCUT2D eigenvalue weighted by Gasteiger charge is 2.27. The lowest BCUT2D eigenvalue weighted by Gasteiger charge is -2.33. The van der Waals surface area contributed by atoms with Crippen LogP contribution < -0.4 is 10.1 Å². The molecular weight excluding hydrogens is 344 g/mol. The van der Waals surface area contributed by atoms with E-state index in [9.17, 15) is 4.79 Å². The molecule has 7 heteroatoms. The summed E-state index contributed by atoms with van der Waals surface area (Å²) in [6.07, 6.45) is 8.33. The Morgan fingerprint density at radius 1 is 1.30 bits per heavy atom. The molecule has 1 aromatic heterocycles. The molecule has 0 atom stereocenters. The number of piperidine rings is 1. The molecule has 2 aliphatic rings. The van der Waals surface area contributed by atoms with Crippen LogP contribution in [-0.2, 0) is 16.1 Å². The number of rotatable bonds is 5. The molecule has 148 valence electrons.